The summed E-state index contributed by atoms with van der Waals surface area (Å²) in [5.41, 5.74) is 4.96. The average Bonchev–Trinajstić information content (AvgIpc) is 2.28. The van der Waals surface area contributed by atoms with Crippen LogP contribution in [-0.2, 0) is 14.8 Å². The molecule has 100 valence electrons. The molecule has 0 atom stereocenters. The van der Waals surface area contributed by atoms with Crippen LogP contribution in [0.4, 0.5) is 11.4 Å². The number of ether oxygens (including phenoxy) is 1. The number of rotatable bonds is 6. The van der Waals surface area contributed by atoms with E-state index in [-0.39, 0.29) is 18.8 Å². The van der Waals surface area contributed by atoms with Gasteiger partial charge in [0.05, 0.1) is 11.5 Å². The molecule has 0 saturated carbocycles. The first-order valence-electron chi connectivity index (χ1n) is 4.91. The molecule has 0 aliphatic carbocycles. The molecular weight excluding hydrogens is 262 g/mol. The second kappa shape index (κ2) is 5.76. The van der Waals surface area contributed by atoms with Crippen LogP contribution in [0.1, 0.15) is 0 Å². The number of nitrogens with two attached hydrogens (primary N) is 1. The molecule has 0 aromatic heterocycles. The van der Waals surface area contributed by atoms with E-state index in [1.165, 1.54) is 13.2 Å². The van der Waals surface area contributed by atoms with E-state index >= 15 is 0 Å². The largest absolute Gasteiger partial charge is 0.399 e. The standard InChI is InChI=1S/C9H13N3O5S/c1-17-5-4-11-18(15,16)9-3-2-7(10)6-8(9)12(13)14/h2-3,6,11H,4-5,10H2,1H3. The number of hydrogen-bond donors (Lipinski definition) is 2. The zero-order chi connectivity index (χ0) is 13.8. The molecule has 9 heteroatoms. The van der Waals surface area contributed by atoms with Crippen LogP contribution in [0.2, 0.25) is 0 Å². The summed E-state index contributed by atoms with van der Waals surface area (Å²) in [4.78, 5) is 9.57. The van der Waals surface area contributed by atoms with E-state index < -0.39 is 25.5 Å². The molecule has 0 aliphatic rings. The number of hydrogen-bond acceptors (Lipinski definition) is 6. The highest BCUT2D eigenvalue weighted by molar-refractivity contribution is 7.89. The second-order valence-corrected chi connectivity index (χ2v) is 5.11. The molecule has 1 aromatic carbocycles. The van der Waals surface area contributed by atoms with E-state index in [1.54, 1.807) is 0 Å². The maximum absolute atomic E-state index is 11.8. The SMILES string of the molecule is COCCNS(=O)(=O)c1ccc(N)cc1[N+](=O)[O-]. The van der Waals surface area contributed by atoms with Crippen molar-refractivity contribution >= 4 is 21.4 Å². The fourth-order valence-electron chi connectivity index (χ4n) is 1.26. The summed E-state index contributed by atoms with van der Waals surface area (Å²) in [6, 6.07) is 3.39. The van der Waals surface area contributed by atoms with Crippen LogP contribution >= 0.6 is 0 Å². The lowest BCUT2D eigenvalue weighted by Crippen LogP contribution is -2.27. The molecule has 1 aromatic rings. The van der Waals surface area contributed by atoms with Crippen molar-refractivity contribution in [2.75, 3.05) is 26.0 Å². The summed E-state index contributed by atoms with van der Waals surface area (Å²) >= 11 is 0. The molecule has 3 N–H and O–H groups in total. The van der Waals surface area contributed by atoms with Gasteiger partial charge in [0, 0.05) is 25.4 Å². The Labute approximate surface area is 104 Å². The van der Waals surface area contributed by atoms with Crippen LogP contribution in [0, 0.1) is 10.1 Å². The summed E-state index contributed by atoms with van der Waals surface area (Å²) < 4.78 is 30.5. The molecule has 8 nitrogen and oxygen atoms in total. The zero-order valence-electron chi connectivity index (χ0n) is 9.62. The number of methoxy groups -OCH3 is 1. The molecule has 0 aliphatic heterocycles. The lowest BCUT2D eigenvalue weighted by atomic mass is 10.3. The van der Waals surface area contributed by atoms with Crippen molar-refractivity contribution in [1.29, 1.82) is 0 Å². The average molecular weight is 275 g/mol. The fraction of sp³-hybridized carbons (Fsp3) is 0.333. The number of nitro benzene ring substituents is 1. The molecule has 0 fully saturated rings. The van der Waals surface area contributed by atoms with Gasteiger partial charge in [-0.15, -0.1) is 0 Å². The normalized spacial score (nSPS) is 11.4. The molecule has 0 heterocycles. The topological polar surface area (TPSA) is 125 Å². The van der Waals surface area contributed by atoms with Crippen LogP contribution in [0.5, 0.6) is 0 Å². The minimum absolute atomic E-state index is 0.0281. The van der Waals surface area contributed by atoms with Crippen LogP contribution in [0.25, 0.3) is 0 Å². The summed E-state index contributed by atoms with van der Waals surface area (Å²) in [5.74, 6) is 0. The highest BCUT2D eigenvalue weighted by Crippen LogP contribution is 2.25. The number of anilines is 1. The molecule has 18 heavy (non-hydrogen) atoms. The van der Waals surface area contributed by atoms with Crippen LogP contribution in [0.3, 0.4) is 0 Å². The fourth-order valence-corrected chi connectivity index (χ4v) is 2.42. The third kappa shape index (κ3) is 3.39. The Hall–Kier alpha value is -1.71. The summed E-state index contributed by atoms with van der Waals surface area (Å²) in [7, 11) is -2.54. The minimum atomic E-state index is -3.95. The van der Waals surface area contributed by atoms with E-state index in [1.807, 2.05) is 0 Å². The van der Waals surface area contributed by atoms with Crippen molar-refractivity contribution in [1.82, 2.24) is 4.72 Å². The van der Waals surface area contributed by atoms with Gasteiger partial charge < -0.3 is 10.5 Å². The first kappa shape index (κ1) is 14.4. The smallest absolute Gasteiger partial charge is 0.291 e. The van der Waals surface area contributed by atoms with Gasteiger partial charge in [-0.1, -0.05) is 0 Å². The molecule has 0 radical (unpaired) electrons. The first-order chi connectivity index (χ1) is 8.38. The van der Waals surface area contributed by atoms with E-state index in [4.69, 9.17) is 5.73 Å². The lowest BCUT2D eigenvalue weighted by Gasteiger charge is -2.07. The van der Waals surface area contributed by atoms with E-state index in [9.17, 15) is 18.5 Å². The molecule has 0 unspecified atom stereocenters. The number of sulfonamides is 1. The number of nitrogens with one attached hydrogen (secondary N) is 1. The highest BCUT2D eigenvalue weighted by Gasteiger charge is 2.25. The highest BCUT2D eigenvalue weighted by atomic mass is 32.2. The summed E-state index contributed by atoms with van der Waals surface area (Å²) in [5, 5.41) is 10.8. The van der Waals surface area contributed by atoms with Gasteiger partial charge in [0.1, 0.15) is 0 Å². The maximum atomic E-state index is 11.8. The van der Waals surface area contributed by atoms with Gasteiger partial charge in [-0.05, 0) is 12.1 Å². The monoisotopic (exact) mass is 275 g/mol. The Morgan fingerprint density at radius 3 is 2.72 bits per heavy atom. The van der Waals surface area contributed by atoms with Crippen molar-refractivity contribution in [2.24, 2.45) is 0 Å². The Kier molecular flexibility index (Phi) is 4.59. The third-order valence-corrected chi connectivity index (χ3v) is 3.58. The van der Waals surface area contributed by atoms with Crippen molar-refractivity contribution in [3.05, 3.63) is 28.3 Å². The second-order valence-electron chi connectivity index (χ2n) is 3.37. The zero-order valence-corrected chi connectivity index (χ0v) is 10.4. The summed E-state index contributed by atoms with van der Waals surface area (Å²) in [6.07, 6.45) is 0. The maximum Gasteiger partial charge on any atom is 0.291 e. The van der Waals surface area contributed by atoms with Crippen molar-refractivity contribution in [3.8, 4) is 0 Å². The molecular formula is C9H13N3O5S. The van der Waals surface area contributed by atoms with Gasteiger partial charge in [-0.3, -0.25) is 10.1 Å². The Morgan fingerprint density at radius 2 is 2.17 bits per heavy atom. The predicted molar refractivity (Wildman–Crippen MR) is 64.6 cm³/mol. The molecule has 0 bridgehead atoms. The molecule has 0 spiro atoms. The van der Waals surface area contributed by atoms with E-state index in [2.05, 4.69) is 9.46 Å². The third-order valence-electron chi connectivity index (χ3n) is 2.07. The number of nitrogen functional groups attached to an aromatic ring is 1. The van der Waals surface area contributed by atoms with Gasteiger partial charge >= 0.3 is 0 Å². The van der Waals surface area contributed by atoms with Crippen LogP contribution in [-0.4, -0.2) is 33.6 Å². The predicted octanol–water partition coefficient (Wildman–Crippen LogP) is 0.102. The lowest BCUT2D eigenvalue weighted by molar-refractivity contribution is -0.387. The number of nitro groups is 1. The number of nitrogens with zero attached hydrogens (tertiary/aromatic N) is 1. The minimum Gasteiger partial charge on any atom is -0.399 e. The van der Waals surface area contributed by atoms with Gasteiger partial charge in [-0.25, -0.2) is 13.1 Å². The van der Waals surface area contributed by atoms with Crippen molar-refractivity contribution in [3.63, 3.8) is 0 Å². The Balaban J connectivity index is 3.12. The molecule has 0 saturated heterocycles. The Morgan fingerprint density at radius 1 is 1.50 bits per heavy atom. The van der Waals surface area contributed by atoms with Gasteiger partial charge in [0.25, 0.3) is 5.69 Å². The Bertz CT molecular complexity index is 543. The van der Waals surface area contributed by atoms with Gasteiger partial charge in [0.2, 0.25) is 10.0 Å². The van der Waals surface area contributed by atoms with Crippen molar-refractivity contribution in [2.45, 2.75) is 4.90 Å². The summed E-state index contributed by atoms with van der Waals surface area (Å²) in [6.45, 7) is 0.197. The van der Waals surface area contributed by atoms with E-state index in [0.717, 1.165) is 12.1 Å². The molecule has 1 rings (SSSR count). The van der Waals surface area contributed by atoms with Crippen LogP contribution < -0.4 is 10.5 Å². The van der Waals surface area contributed by atoms with E-state index in [0.29, 0.717) is 0 Å². The molecule has 0 amide bonds. The quantitative estimate of drug-likeness (QED) is 0.328. The number of benzene rings is 1. The van der Waals surface area contributed by atoms with Gasteiger partial charge in [-0.2, -0.15) is 0 Å². The van der Waals surface area contributed by atoms with Crippen LogP contribution in [0.15, 0.2) is 23.1 Å². The van der Waals surface area contributed by atoms with Gasteiger partial charge in [0.15, 0.2) is 4.90 Å². The first-order valence-corrected chi connectivity index (χ1v) is 6.39. The van der Waals surface area contributed by atoms with Crippen molar-refractivity contribution < 1.29 is 18.1 Å².